The Balaban J connectivity index is 1.75. The second kappa shape index (κ2) is 6.05. The van der Waals surface area contributed by atoms with Gasteiger partial charge in [-0.3, -0.25) is 4.90 Å². The Bertz CT molecular complexity index is 604. The Kier molecular flexibility index (Phi) is 3.96. The van der Waals surface area contributed by atoms with Crippen molar-refractivity contribution in [2.24, 2.45) is 0 Å². The molecule has 0 atom stereocenters. The third-order valence-corrected chi connectivity index (χ3v) is 3.57. The minimum Gasteiger partial charge on any atom is -0.368 e. The summed E-state index contributed by atoms with van der Waals surface area (Å²) in [6, 6.07) is 8.07. The van der Waals surface area contributed by atoms with E-state index in [1.54, 1.807) is 0 Å². The van der Waals surface area contributed by atoms with Gasteiger partial charge in [-0.15, -0.1) is 0 Å². The van der Waals surface area contributed by atoms with E-state index in [1.165, 1.54) is 18.4 Å². The molecule has 1 saturated heterocycles. The van der Waals surface area contributed by atoms with Gasteiger partial charge in [0.25, 0.3) is 0 Å². The lowest BCUT2D eigenvalue weighted by Crippen LogP contribution is -2.21. The lowest BCUT2D eigenvalue weighted by molar-refractivity contribution is 0.322. The summed E-state index contributed by atoms with van der Waals surface area (Å²) in [4.78, 5) is 15.2. The van der Waals surface area contributed by atoms with Gasteiger partial charge in [0.1, 0.15) is 5.82 Å². The van der Waals surface area contributed by atoms with Crippen LogP contribution in [0.3, 0.4) is 0 Å². The van der Waals surface area contributed by atoms with E-state index in [2.05, 4.69) is 32.1 Å². The van der Waals surface area contributed by atoms with Crippen molar-refractivity contribution in [3.05, 3.63) is 35.7 Å². The number of aryl methyl sites for hydroxylation is 1. The molecule has 0 bridgehead atoms. The molecular weight excluding hydrogens is 264 g/mol. The fourth-order valence-corrected chi connectivity index (χ4v) is 2.47. The number of anilines is 3. The number of benzene rings is 1. The predicted octanol–water partition coefficient (Wildman–Crippen LogP) is 2.10. The van der Waals surface area contributed by atoms with Gasteiger partial charge >= 0.3 is 0 Å². The number of likely N-dealkylation sites (tertiary alicyclic amines) is 1. The van der Waals surface area contributed by atoms with Crippen molar-refractivity contribution >= 4 is 17.6 Å². The normalized spacial score (nSPS) is 15.3. The van der Waals surface area contributed by atoms with Crippen LogP contribution < -0.4 is 11.1 Å². The van der Waals surface area contributed by atoms with E-state index in [0.717, 1.165) is 31.1 Å². The zero-order valence-electron chi connectivity index (χ0n) is 12.2. The van der Waals surface area contributed by atoms with Crippen molar-refractivity contribution in [2.45, 2.75) is 26.3 Å². The molecule has 0 saturated carbocycles. The molecule has 110 valence electrons. The monoisotopic (exact) mass is 284 g/mol. The largest absolute Gasteiger partial charge is 0.368 e. The lowest BCUT2D eigenvalue weighted by Gasteiger charge is -2.14. The topological polar surface area (TPSA) is 80.0 Å². The minimum atomic E-state index is 0.258. The molecule has 1 fully saturated rings. The molecule has 0 spiro atoms. The summed E-state index contributed by atoms with van der Waals surface area (Å²) in [5.74, 6) is 1.48. The summed E-state index contributed by atoms with van der Waals surface area (Å²) >= 11 is 0. The van der Waals surface area contributed by atoms with E-state index in [4.69, 9.17) is 5.73 Å². The molecule has 0 unspecified atom stereocenters. The van der Waals surface area contributed by atoms with Gasteiger partial charge in [0.05, 0.1) is 6.54 Å². The zero-order valence-corrected chi connectivity index (χ0v) is 12.2. The molecule has 3 rings (SSSR count). The van der Waals surface area contributed by atoms with Crippen LogP contribution in [0.25, 0.3) is 0 Å². The quantitative estimate of drug-likeness (QED) is 0.895. The Morgan fingerprint density at radius 3 is 2.52 bits per heavy atom. The first kappa shape index (κ1) is 13.8. The van der Waals surface area contributed by atoms with Gasteiger partial charge in [0.15, 0.2) is 0 Å². The number of hydrogen-bond acceptors (Lipinski definition) is 6. The van der Waals surface area contributed by atoms with Crippen molar-refractivity contribution in [1.29, 1.82) is 0 Å². The van der Waals surface area contributed by atoms with E-state index in [0.29, 0.717) is 5.95 Å². The first-order valence-electron chi connectivity index (χ1n) is 7.25. The number of nitrogens with two attached hydrogens (primary N) is 1. The van der Waals surface area contributed by atoms with Gasteiger partial charge in [-0.1, -0.05) is 17.7 Å². The van der Waals surface area contributed by atoms with Crippen molar-refractivity contribution in [3.8, 4) is 0 Å². The minimum absolute atomic E-state index is 0.258. The van der Waals surface area contributed by atoms with Gasteiger partial charge in [0, 0.05) is 5.69 Å². The molecule has 1 aromatic heterocycles. The van der Waals surface area contributed by atoms with E-state index < -0.39 is 0 Å². The van der Waals surface area contributed by atoms with E-state index in [1.807, 2.05) is 24.3 Å². The summed E-state index contributed by atoms with van der Waals surface area (Å²) < 4.78 is 0. The number of nitrogen functional groups attached to an aromatic ring is 1. The number of rotatable bonds is 4. The summed E-state index contributed by atoms with van der Waals surface area (Å²) in [5.41, 5.74) is 7.95. The van der Waals surface area contributed by atoms with Crippen LogP contribution in [0.4, 0.5) is 17.6 Å². The second-order valence-corrected chi connectivity index (χ2v) is 5.41. The summed E-state index contributed by atoms with van der Waals surface area (Å²) in [7, 11) is 0. The highest BCUT2D eigenvalue weighted by Crippen LogP contribution is 2.16. The third kappa shape index (κ3) is 3.66. The molecule has 6 heteroatoms. The molecule has 2 aromatic rings. The van der Waals surface area contributed by atoms with Crippen LogP contribution in [0.2, 0.25) is 0 Å². The van der Waals surface area contributed by atoms with Crippen LogP contribution in [0.5, 0.6) is 0 Å². The van der Waals surface area contributed by atoms with Crippen LogP contribution in [0.15, 0.2) is 24.3 Å². The summed E-state index contributed by atoms with van der Waals surface area (Å²) in [5, 5.41) is 3.18. The van der Waals surface area contributed by atoms with E-state index >= 15 is 0 Å². The fourth-order valence-electron chi connectivity index (χ4n) is 2.47. The number of nitrogens with zero attached hydrogens (tertiary/aromatic N) is 4. The van der Waals surface area contributed by atoms with Crippen LogP contribution in [0.1, 0.15) is 24.2 Å². The molecule has 2 heterocycles. The maximum atomic E-state index is 5.79. The highest BCUT2D eigenvalue weighted by Gasteiger charge is 2.14. The first-order chi connectivity index (χ1) is 10.2. The van der Waals surface area contributed by atoms with E-state index in [-0.39, 0.29) is 5.95 Å². The zero-order chi connectivity index (χ0) is 14.7. The van der Waals surface area contributed by atoms with Gasteiger partial charge in [-0.2, -0.15) is 15.0 Å². The lowest BCUT2D eigenvalue weighted by atomic mass is 10.2. The molecule has 1 aliphatic heterocycles. The molecule has 1 aliphatic rings. The van der Waals surface area contributed by atoms with Gasteiger partial charge in [-0.25, -0.2) is 0 Å². The molecule has 21 heavy (non-hydrogen) atoms. The van der Waals surface area contributed by atoms with Crippen molar-refractivity contribution in [3.63, 3.8) is 0 Å². The number of nitrogens with one attached hydrogen (secondary N) is 1. The number of aromatic nitrogens is 3. The highest BCUT2D eigenvalue weighted by atomic mass is 15.2. The Morgan fingerprint density at radius 1 is 1.10 bits per heavy atom. The first-order valence-corrected chi connectivity index (χ1v) is 7.25. The third-order valence-electron chi connectivity index (χ3n) is 3.57. The summed E-state index contributed by atoms with van der Waals surface area (Å²) in [6.07, 6.45) is 2.49. The highest BCUT2D eigenvalue weighted by molar-refractivity contribution is 5.54. The van der Waals surface area contributed by atoms with Crippen LogP contribution in [0, 0.1) is 6.92 Å². The van der Waals surface area contributed by atoms with Crippen molar-refractivity contribution < 1.29 is 0 Å². The molecule has 1 aromatic carbocycles. The number of hydrogen-bond donors (Lipinski definition) is 2. The fraction of sp³-hybridized carbons (Fsp3) is 0.400. The van der Waals surface area contributed by atoms with Crippen LogP contribution in [-0.2, 0) is 6.54 Å². The maximum absolute atomic E-state index is 5.79. The van der Waals surface area contributed by atoms with E-state index in [9.17, 15) is 0 Å². The molecule has 0 amide bonds. The standard InChI is InChI=1S/C15H20N6/c1-11-4-6-12(7-5-11)17-15-19-13(18-14(16)20-15)10-21-8-2-3-9-21/h4-7H,2-3,8-10H2,1H3,(H3,16,17,18,19,20). The van der Waals surface area contributed by atoms with Crippen molar-refractivity contribution in [2.75, 3.05) is 24.1 Å². The second-order valence-electron chi connectivity index (χ2n) is 5.41. The van der Waals surface area contributed by atoms with Gasteiger partial charge in [-0.05, 0) is 45.0 Å². The predicted molar refractivity (Wildman–Crippen MR) is 83.2 cm³/mol. The van der Waals surface area contributed by atoms with Crippen LogP contribution >= 0.6 is 0 Å². The average molecular weight is 284 g/mol. The Morgan fingerprint density at radius 2 is 1.81 bits per heavy atom. The Hall–Kier alpha value is -2.21. The summed E-state index contributed by atoms with van der Waals surface area (Å²) in [6.45, 7) is 4.99. The van der Waals surface area contributed by atoms with Gasteiger partial charge < -0.3 is 11.1 Å². The maximum Gasteiger partial charge on any atom is 0.232 e. The molecule has 6 nitrogen and oxygen atoms in total. The molecule has 0 aliphatic carbocycles. The smallest absolute Gasteiger partial charge is 0.232 e. The average Bonchev–Trinajstić information content (AvgIpc) is 2.93. The van der Waals surface area contributed by atoms with Gasteiger partial charge in [0.2, 0.25) is 11.9 Å². The van der Waals surface area contributed by atoms with Crippen molar-refractivity contribution in [1.82, 2.24) is 19.9 Å². The van der Waals surface area contributed by atoms with Crippen LogP contribution in [-0.4, -0.2) is 32.9 Å². The molecular formula is C15H20N6. The molecule has 0 radical (unpaired) electrons. The molecule has 3 N–H and O–H groups in total. The SMILES string of the molecule is Cc1ccc(Nc2nc(N)nc(CN3CCCC3)n2)cc1. The Labute approximate surface area is 124 Å².